The molecule has 1 amide bonds. The number of nitrogens with two attached hydrogens (primary N) is 1. The van der Waals surface area contributed by atoms with Crippen molar-refractivity contribution < 1.29 is 18.3 Å². The Bertz CT molecular complexity index is 427. The molecule has 2 atom stereocenters. The molecular weight excluding hydrogens is 254 g/mol. The highest BCUT2D eigenvalue weighted by molar-refractivity contribution is 5.97. The number of carbonyl (C=O) groups is 1. The Balaban J connectivity index is 2.82. The standard InChI is InChI=1S/C13H18F2N2O2/c1-8(7-16)9(2)17-12(18)10-5-3-4-6-11(10)19-13(14)15/h3-6,8-9,13H,7,16H2,1-2H3,(H,17,18). The van der Waals surface area contributed by atoms with Crippen LogP contribution in [0.2, 0.25) is 0 Å². The van der Waals surface area contributed by atoms with Crippen molar-refractivity contribution in [1.29, 1.82) is 0 Å². The van der Waals surface area contributed by atoms with Crippen LogP contribution in [-0.2, 0) is 0 Å². The van der Waals surface area contributed by atoms with Gasteiger partial charge in [-0.15, -0.1) is 0 Å². The third-order valence-corrected chi connectivity index (χ3v) is 2.93. The Morgan fingerprint density at radius 3 is 2.58 bits per heavy atom. The summed E-state index contributed by atoms with van der Waals surface area (Å²) in [6.45, 7) is 1.17. The van der Waals surface area contributed by atoms with Crippen LogP contribution < -0.4 is 15.8 Å². The second kappa shape index (κ2) is 7.04. The summed E-state index contributed by atoms with van der Waals surface area (Å²) in [7, 11) is 0. The first-order valence-electron chi connectivity index (χ1n) is 6.00. The molecule has 0 spiro atoms. The number of amides is 1. The van der Waals surface area contributed by atoms with Crippen LogP contribution in [0, 0.1) is 5.92 Å². The zero-order chi connectivity index (χ0) is 14.4. The fourth-order valence-electron chi connectivity index (χ4n) is 1.48. The average Bonchev–Trinajstić information content (AvgIpc) is 2.37. The van der Waals surface area contributed by atoms with E-state index in [1.165, 1.54) is 18.2 Å². The minimum Gasteiger partial charge on any atom is -0.434 e. The van der Waals surface area contributed by atoms with Crippen LogP contribution in [0.15, 0.2) is 24.3 Å². The molecule has 0 saturated heterocycles. The highest BCUT2D eigenvalue weighted by Crippen LogP contribution is 2.20. The van der Waals surface area contributed by atoms with E-state index in [9.17, 15) is 13.6 Å². The molecule has 3 N–H and O–H groups in total. The lowest BCUT2D eigenvalue weighted by Gasteiger charge is -2.20. The molecule has 0 aliphatic carbocycles. The molecule has 0 saturated carbocycles. The molecule has 4 nitrogen and oxygen atoms in total. The molecule has 0 aliphatic rings. The molecule has 0 heterocycles. The number of ether oxygens (including phenoxy) is 1. The van der Waals surface area contributed by atoms with Crippen molar-refractivity contribution in [2.24, 2.45) is 11.7 Å². The summed E-state index contributed by atoms with van der Waals surface area (Å²) in [4.78, 5) is 12.0. The van der Waals surface area contributed by atoms with Crippen molar-refractivity contribution in [2.75, 3.05) is 6.54 Å². The van der Waals surface area contributed by atoms with E-state index in [-0.39, 0.29) is 23.3 Å². The van der Waals surface area contributed by atoms with Gasteiger partial charge in [0.1, 0.15) is 5.75 Å². The molecule has 1 aromatic carbocycles. The second-order valence-corrected chi connectivity index (χ2v) is 4.35. The van der Waals surface area contributed by atoms with Gasteiger partial charge >= 0.3 is 6.61 Å². The van der Waals surface area contributed by atoms with E-state index in [1.54, 1.807) is 6.07 Å². The highest BCUT2D eigenvalue weighted by Gasteiger charge is 2.18. The van der Waals surface area contributed by atoms with Crippen LogP contribution in [-0.4, -0.2) is 25.1 Å². The lowest BCUT2D eigenvalue weighted by Crippen LogP contribution is -2.39. The number of halogens is 2. The van der Waals surface area contributed by atoms with E-state index in [4.69, 9.17) is 5.73 Å². The summed E-state index contributed by atoms with van der Waals surface area (Å²) in [6.07, 6.45) is 0. The van der Waals surface area contributed by atoms with Crippen LogP contribution >= 0.6 is 0 Å². The summed E-state index contributed by atoms with van der Waals surface area (Å²) < 4.78 is 28.8. The van der Waals surface area contributed by atoms with Gasteiger partial charge in [0.25, 0.3) is 5.91 Å². The lowest BCUT2D eigenvalue weighted by molar-refractivity contribution is -0.0501. The van der Waals surface area contributed by atoms with Gasteiger partial charge in [0.15, 0.2) is 0 Å². The van der Waals surface area contributed by atoms with Crippen molar-refractivity contribution in [3.63, 3.8) is 0 Å². The first-order chi connectivity index (χ1) is 8.95. The Kier molecular flexibility index (Phi) is 5.69. The van der Waals surface area contributed by atoms with E-state index in [0.29, 0.717) is 6.54 Å². The van der Waals surface area contributed by atoms with E-state index < -0.39 is 12.5 Å². The van der Waals surface area contributed by atoms with Gasteiger partial charge in [-0.3, -0.25) is 4.79 Å². The van der Waals surface area contributed by atoms with Crippen LogP contribution in [0.3, 0.4) is 0 Å². The Morgan fingerprint density at radius 2 is 2.00 bits per heavy atom. The topological polar surface area (TPSA) is 64.3 Å². The molecule has 1 rings (SSSR count). The molecule has 0 aliphatic heterocycles. The summed E-state index contributed by atoms with van der Waals surface area (Å²) >= 11 is 0. The number of carbonyl (C=O) groups excluding carboxylic acids is 1. The normalized spacial score (nSPS) is 14.0. The molecule has 6 heteroatoms. The number of para-hydroxylation sites is 1. The lowest BCUT2D eigenvalue weighted by atomic mass is 10.0. The van der Waals surface area contributed by atoms with Gasteiger partial charge in [-0.2, -0.15) is 8.78 Å². The Morgan fingerprint density at radius 1 is 1.37 bits per heavy atom. The maximum atomic E-state index is 12.2. The molecule has 1 aromatic rings. The van der Waals surface area contributed by atoms with Crippen LogP contribution in [0.4, 0.5) is 8.78 Å². The minimum atomic E-state index is -2.96. The zero-order valence-corrected chi connectivity index (χ0v) is 10.9. The Hall–Kier alpha value is -1.69. The molecule has 106 valence electrons. The molecule has 2 unspecified atom stereocenters. The maximum Gasteiger partial charge on any atom is 0.387 e. The summed E-state index contributed by atoms with van der Waals surface area (Å²) in [5.74, 6) is -0.501. The number of rotatable bonds is 6. The number of nitrogens with one attached hydrogen (secondary N) is 1. The second-order valence-electron chi connectivity index (χ2n) is 4.35. The first-order valence-corrected chi connectivity index (χ1v) is 6.00. The predicted molar refractivity (Wildman–Crippen MR) is 68.2 cm³/mol. The molecular formula is C13H18F2N2O2. The van der Waals surface area contributed by atoms with Gasteiger partial charge in [0.2, 0.25) is 0 Å². The van der Waals surface area contributed by atoms with E-state index in [0.717, 1.165) is 0 Å². The van der Waals surface area contributed by atoms with Crippen molar-refractivity contribution in [3.05, 3.63) is 29.8 Å². The van der Waals surface area contributed by atoms with Crippen LogP contribution in [0.1, 0.15) is 24.2 Å². The SMILES string of the molecule is CC(CN)C(C)NC(=O)c1ccccc1OC(F)F. The third-order valence-electron chi connectivity index (χ3n) is 2.93. The summed E-state index contributed by atoms with van der Waals surface area (Å²) in [5, 5.41) is 2.72. The maximum absolute atomic E-state index is 12.2. The highest BCUT2D eigenvalue weighted by atomic mass is 19.3. The van der Waals surface area contributed by atoms with Crippen molar-refractivity contribution in [2.45, 2.75) is 26.5 Å². The van der Waals surface area contributed by atoms with E-state index >= 15 is 0 Å². The van der Waals surface area contributed by atoms with Gasteiger partial charge < -0.3 is 15.8 Å². The quantitative estimate of drug-likeness (QED) is 0.832. The van der Waals surface area contributed by atoms with Crippen molar-refractivity contribution in [1.82, 2.24) is 5.32 Å². The molecule has 0 fully saturated rings. The monoisotopic (exact) mass is 272 g/mol. The average molecular weight is 272 g/mol. The molecule has 0 aromatic heterocycles. The van der Waals surface area contributed by atoms with Gasteiger partial charge in [-0.1, -0.05) is 19.1 Å². The van der Waals surface area contributed by atoms with Crippen molar-refractivity contribution in [3.8, 4) is 5.75 Å². The summed E-state index contributed by atoms with van der Waals surface area (Å²) in [5.41, 5.74) is 5.59. The van der Waals surface area contributed by atoms with Gasteiger partial charge in [0, 0.05) is 6.04 Å². The predicted octanol–water partition coefficient (Wildman–Crippen LogP) is 2.00. The first kappa shape index (κ1) is 15.4. The van der Waals surface area contributed by atoms with E-state index in [1.807, 2.05) is 13.8 Å². The number of alkyl halides is 2. The third kappa shape index (κ3) is 4.48. The molecule has 19 heavy (non-hydrogen) atoms. The summed E-state index contributed by atoms with van der Waals surface area (Å²) in [6, 6.07) is 5.73. The van der Waals surface area contributed by atoms with Crippen LogP contribution in [0.5, 0.6) is 5.75 Å². The smallest absolute Gasteiger partial charge is 0.387 e. The minimum absolute atomic E-state index is 0.0823. The fraction of sp³-hybridized carbons (Fsp3) is 0.462. The Labute approximate surface area is 110 Å². The zero-order valence-electron chi connectivity index (χ0n) is 10.9. The van der Waals surface area contributed by atoms with Gasteiger partial charge in [-0.25, -0.2) is 0 Å². The van der Waals surface area contributed by atoms with Gasteiger partial charge in [-0.05, 0) is 31.5 Å². The molecule has 0 bridgehead atoms. The fourth-order valence-corrected chi connectivity index (χ4v) is 1.48. The largest absolute Gasteiger partial charge is 0.434 e. The van der Waals surface area contributed by atoms with Gasteiger partial charge in [0.05, 0.1) is 5.56 Å². The van der Waals surface area contributed by atoms with Crippen molar-refractivity contribution >= 4 is 5.91 Å². The number of hydrogen-bond donors (Lipinski definition) is 2. The van der Waals surface area contributed by atoms with Crippen LogP contribution in [0.25, 0.3) is 0 Å². The van der Waals surface area contributed by atoms with E-state index in [2.05, 4.69) is 10.1 Å². The number of benzene rings is 1. The number of hydrogen-bond acceptors (Lipinski definition) is 3. The molecule has 0 radical (unpaired) electrons.